The number of nitrogens with one attached hydrogen (secondary N) is 3. The molecular formula is C16H16F3N3O3. The second-order valence-electron chi connectivity index (χ2n) is 5.59. The van der Waals surface area contributed by atoms with Crippen LogP contribution >= 0.6 is 0 Å². The predicted octanol–water partition coefficient (Wildman–Crippen LogP) is 1.53. The van der Waals surface area contributed by atoms with Crippen LogP contribution in [0.1, 0.15) is 21.6 Å². The highest BCUT2D eigenvalue weighted by Gasteiger charge is 2.26. The molecule has 0 bridgehead atoms. The van der Waals surface area contributed by atoms with E-state index in [4.69, 9.17) is 4.74 Å². The molecule has 0 saturated carbocycles. The number of amides is 2. The number of fused-ring (bicyclic) bond motifs is 3. The monoisotopic (exact) mass is 355 g/mol. The van der Waals surface area contributed by atoms with E-state index in [-0.39, 0.29) is 24.4 Å². The molecule has 0 radical (unpaired) electrons. The van der Waals surface area contributed by atoms with E-state index in [1.165, 1.54) is 13.1 Å². The van der Waals surface area contributed by atoms with Crippen LogP contribution in [-0.2, 0) is 17.6 Å². The molecule has 2 heterocycles. The molecule has 0 saturated heterocycles. The van der Waals surface area contributed by atoms with Crippen molar-refractivity contribution in [3.8, 4) is 5.75 Å². The van der Waals surface area contributed by atoms with Crippen LogP contribution in [0.3, 0.4) is 0 Å². The lowest BCUT2D eigenvalue weighted by Crippen LogP contribution is -2.31. The molecule has 3 rings (SSSR count). The molecule has 0 atom stereocenters. The smallest absolute Gasteiger partial charge is 0.315 e. The van der Waals surface area contributed by atoms with E-state index in [1.807, 2.05) is 0 Å². The Morgan fingerprint density at radius 1 is 1.40 bits per heavy atom. The quantitative estimate of drug-likeness (QED) is 0.761. The third-order valence-corrected chi connectivity index (χ3v) is 4.12. The van der Waals surface area contributed by atoms with Gasteiger partial charge in [0.05, 0.1) is 6.61 Å². The number of aromatic amines is 1. The molecule has 134 valence electrons. The van der Waals surface area contributed by atoms with Gasteiger partial charge in [0, 0.05) is 42.5 Å². The summed E-state index contributed by atoms with van der Waals surface area (Å²) >= 11 is 0. The molecule has 0 aliphatic carbocycles. The Morgan fingerprint density at radius 3 is 2.84 bits per heavy atom. The lowest BCUT2D eigenvalue weighted by Gasteiger charge is -2.08. The van der Waals surface area contributed by atoms with Crippen molar-refractivity contribution < 1.29 is 27.5 Å². The molecule has 0 fully saturated rings. The Morgan fingerprint density at radius 2 is 2.16 bits per heavy atom. The van der Waals surface area contributed by atoms with Gasteiger partial charge in [0.1, 0.15) is 5.69 Å². The highest BCUT2D eigenvalue weighted by molar-refractivity contribution is 6.02. The molecule has 2 amide bonds. The van der Waals surface area contributed by atoms with Crippen LogP contribution in [0, 0.1) is 5.82 Å². The molecule has 0 unspecified atom stereocenters. The molecular weight excluding hydrogens is 339 g/mol. The molecule has 1 aliphatic rings. The number of benzene rings is 1. The van der Waals surface area contributed by atoms with Crippen LogP contribution in [-0.4, -0.2) is 43.4 Å². The molecule has 1 aliphatic heterocycles. The fraction of sp³-hybridized carbons (Fsp3) is 0.375. The van der Waals surface area contributed by atoms with Gasteiger partial charge >= 0.3 is 6.43 Å². The van der Waals surface area contributed by atoms with Crippen LogP contribution in [0.2, 0.25) is 0 Å². The van der Waals surface area contributed by atoms with Crippen molar-refractivity contribution in [2.75, 3.05) is 20.2 Å². The van der Waals surface area contributed by atoms with E-state index in [0.29, 0.717) is 35.1 Å². The van der Waals surface area contributed by atoms with Gasteiger partial charge in [-0.2, -0.15) is 8.78 Å². The zero-order valence-corrected chi connectivity index (χ0v) is 13.3. The fourth-order valence-electron chi connectivity index (χ4n) is 3.07. The predicted molar refractivity (Wildman–Crippen MR) is 83.6 cm³/mol. The Bertz CT molecular complexity index is 848. The van der Waals surface area contributed by atoms with Crippen molar-refractivity contribution in [3.63, 3.8) is 0 Å². The van der Waals surface area contributed by atoms with Gasteiger partial charge in [-0.05, 0) is 12.0 Å². The topological polar surface area (TPSA) is 83.2 Å². The maximum absolute atomic E-state index is 14.1. The molecule has 9 heteroatoms. The SMILES string of the molecule is CNC(=O)c1[nH]c2cc(F)c3c(c2c1CCNC(=O)C(F)F)CCO3. The number of aromatic nitrogens is 1. The van der Waals surface area contributed by atoms with Gasteiger partial charge in [0.25, 0.3) is 11.8 Å². The first-order chi connectivity index (χ1) is 11.9. The summed E-state index contributed by atoms with van der Waals surface area (Å²) in [6.07, 6.45) is -2.49. The average Bonchev–Trinajstić information content (AvgIpc) is 3.19. The van der Waals surface area contributed by atoms with Gasteiger partial charge in [0.15, 0.2) is 11.6 Å². The zero-order chi connectivity index (χ0) is 18.1. The summed E-state index contributed by atoms with van der Waals surface area (Å²) in [6, 6.07) is 1.24. The highest BCUT2D eigenvalue weighted by atomic mass is 19.3. The first-order valence-electron chi connectivity index (χ1n) is 7.70. The Labute approximate surface area is 140 Å². The van der Waals surface area contributed by atoms with Crippen LogP contribution in [0.15, 0.2) is 6.07 Å². The maximum atomic E-state index is 14.1. The van der Waals surface area contributed by atoms with E-state index in [1.54, 1.807) is 0 Å². The van der Waals surface area contributed by atoms with Gasteiger partial charge in [-0.1, -0.05) is 0 Å². The number of halogens is 3. The summed E-state index contributed by atoms with van der Waals surface area (Å²) in [7, 11) is 1.45. The van der Waals surface area contributed by atoms with Gasteiger partial charge in [-0.25, -0.2) is 4.39 Å². The van der Waals surface area contributed by atoms with Crippen LogP contribution in [0.25, 0.3) is 10.9 Å². The fourth-order valence-corrected chi connectivity index (χ4v) is 3.07. The van der Waals surface area contributed by atoms with Gasteiger partial charge in [-0.15, -0.1) is 0 Å². The van der Waals surface area contributed by atoms with Gasteiger partial charge < -0.3 is 20.4 Å². The van der Waals surface area contributed by atoms with E-state index >= 15 is 0 Å². The average molecular weight is 355 g/mol. The van der Waals surface area contributed by atoms with E-state index < -0.39 is 24.1 Å². The molecule has 25 heavy (non-hydrogen) atoms. The van der Waals surface area contributed by atoms with Crippen LogP contribution < -0.4 is 15.4 Å². The Hall–Kier alpha value is -2.71. The zero-order valence-electron chi connectivity index (χ0n) is 13.3. The highest BCUT2D eigenvalue weighted by Crippen LogP contribution is 2.38. The number of alkyl halides is 2. The summed E-state index contributed by atoms with van der Waals surface area (Å²) in [6.45, 7) is 0.251. The Balaban J connectivity index is 2.03. The first-order valence-corrected chi connectivity index (χ1v) is 7.70. The van der Waals surface area contributed by atoms with Gasteiger partial charge in [0.2, 0.25) is 0 Å². The number of hydrogen-bond donors (Lipinski definition) is 3. The first kappa shape index (κ1) is 17.1. The number of rotatable bonds is 5. The number of ether oxygens (including phenoxy) is 1. The van der Waals surface area contributed by atoms with Crippen LogP contribution in [0.4, 0.5) is 13.2 Å². The standard InChI is InChI=1S/C16H16F3N3O3/c1-20-15(23)12-7(2-4-21-16(24)14(18)19)11-8-3-5-25-13(8)9(17)6-10(11)22-12/h6,14,22H,2-5H2,1H3,(H,20,23)(H,21,24). The second kappa shape index (κ2) is 6.66. The summed E-state index contributed by atoms with van der Waals surface area (Å²) in [5, 5.41) is 5.23. The molecule has 6 nitrogen and oxygen atoms in total. The summed E-state index contributed by atoms with van der Waals surface area (Å²) in [5.41, 5.74) is 1.81. The number of hydrogen-bond acceptors (Lipinski definition) is 3. The molecule has 2 aromatic rings. The summed E-state index contributed by atoms with van der Waals surface area (Å²) in [5.74, 6) is -2.17. The van der Waals surface area contributed by atoms with E-state index in [0.717, 1.165) is 0 Å². The molecule has 0 spiro atoms. The lowest BCUT2D eigenvalue weighted by atomic mass is 10.00. The minimum atomic E-state index is -3.10. The van der Waals surface area contributed by atoms with Crippen molar-refractivity contribution >= 4 is 22.7 Å². The van der Waals surface area contributed by atoms with Crippen molar-refractivity contribution in [1.29, 1.82) is 0 Å². The second-order valence-corrected chi connectivity index (χ2v) is 5.59. The lowest BCUT2D eigenvalue weighted by molar-refractivity contribution is -0.131. The maximum Gasteiger partial charge on any atom is 0.315 e. The van der Waals surface area contributed by atoms with E-state index in [9.17, 15) is 22.8 Å². The van der Waals surface area contributed by atoms with Gasteiger partial charge in [-0.3, -0.25) is 9.59 Å². The third kappa shape index (κ3) is 3.01. The number of H-pyrrole nitrogens is 1. The largest absolute Gasteiger partial charge is 0.490 e. The van der Waals surface area contributed by atoms with E-state index in [2.05, 4.69) is 15.6 Å². The minimum Gasteiger partial charge on any atom is -0.490 e. The van der Waals surface area contributed by atoms with Crippen molar-refractivity contribution in [2.45, 2.75) is 19.3 Å². The number of carbonyl (C=O) groups is 2. The molecule has 3 N–H and O–H groups in total. The minimum absolute atomic E-state index is 0.0763. The summed E-state index contributed by atoms with van der Waals surface area (Å²) < 4.78 is 44.0. The number of carbonyl (C=O) groups excluding carboxylic acids is 2. The Kier molecular flexibility index (Phi) is 4.56. The van der Waals surface area contributed by atoms with Crippen molar-refractivity contribution in [1.82, 2.24) is 15.6 Å². The van der Waals surface area contributed by atoms with Crippen LogP contribution in [0.5, 0.6) is 5.75 Å². The third-order valence-electron chi connectivity index (χ3n) is 4.12. The van der Waals surface area contributed by atoms with Crippen molar-refractivity contribution in [2.24, 2.45) is 0 Å². The molecule has 1 aromatic carbocycles. The normalized spacial score (nSPS) is 13.0. The van der Waals surface area contributed by atoms with Crippen molar-refractivity contribution in [3.05, 3.63) is 28.7 Å². The summed E-state index contributed by atoms with van der Waals surface area (Å²) in [4.78, 5) is 26.0. The molecule has 1 aromatic heterocycles.